The Morgan fingerprint density at radius 3 is 3.11 bits per heavy atom. The van der Waals surface area contributed by atoms with Crippen LogP contribution < -0.4 is 5.32 Å². The second-order valence-corrected chi connectivity index (χ2v) is 3.52. The largest absolute Gasteiger partial charge is 0.461 e. The molecule has 0 saturated heterocycles. The van der Waals surface area contributed by atoms with E-state index in [1.165, 1.54) is 6.26 Å². The minimum absolute atomic E-state index is 0.140. The summed E-state index contributed by atoms with van der Waals surface area (Å²) in [5, 5.41) is 2.94. The maximum absolute atomic E-state index is 11.4. The highest BCUT2D eigenvalue weighted by atomic mass is 16.5. The van der Waals surface area contributed by atoms with Crippen LogP contribution in [0.2, 0.25) is 0 Å². The predicted molar refractivity (Wildman–Crippen MR) is 64.7 cm³/mol. The summed E-state index contributed by atoms with van der Waals surface area (Å²) in [5.74, 6) is -0.503. The molecular weight excluding hydrogens is 234 g/mol. The molecule has 0 bridgehead atoms. The Hall–Kier alpha value is -2.37. The molecule has 94 valence electrons. The number of carbonyl (C=O) groups is 1. The molecule has 0 aliphatic heterocycles. The molecule has 0 saturated carbocycles. The molecular formula is C12H13N3O3. The molecule has 2 heterocycles. The van der Waals surface area contributed by atoms with E-state index in [1.807, 2.05) is 13.0 Å². The molecule has 0 amide bonds. The zero-order valence-electron chi connectivity index (χ0n) is 10.1. The lowest BCUT2D eigenvalue weighted by Gasteiger charge is -2.03. The van der Waals surface area contributed by atoms with Crippen molar-refractivity contribution >= 4 is 17.7 Å². The first kappa shape index (κ1) is 12.1. The summed E-state index contributed by atoms with van der Waals surface area (Å²) in [6.45, 7) is 3.89. The number of nitrogens with zero attached hydrogens (tertiary/aromatic N) is 2. The first-order valence-electron chi connectivity index (χ1n) is 5.52. The van der Waals surface area contributed by atoms with E-state index in [4.69, 9.17) is 9.15 Å². The third-order valence-corrected chi connectivity index (χ3v) is 2.24. The van der Waals surface area contributed by atoms with E-state index in [0.29, 0.717) is 6.61 Å². The summed E-state index contributed by atoms with van der Waals surface area (Å²) in [4.78, 5) is 19.5. The van der Waals surface area contributed by atoms with Crippen LogP contribution in [0, 0.1) is 6.92 Å². The van der Waals surface area contributed by atoms with E-state index in [0.717, 1.165) is 11.4 Å². The van der Waals surface area contributed by atoms with Crippen molar-refractivity contribution in [3.8, 4) is 0 Å². The van der Waals surface area contributed by atoms with Crippen molar-refractivity contribution in [1.82, 2.24) is 9.97 Å². The number of ether oxygens (including phenoxy) is 1. The lowest BCUT2D eigenvalue weighted by atomic mass is 10.3. The Morgan fingerprint density at radius 1 is 1.56 bits per heavy atom. The molecule has 0 aliphatic rings. The molecule has 6 nitrogen and oxygen atoms in total. The van der Waals surface area contributed by atoms with E-state index in [2.05, 4.69) is 15.3 Å². The quantitative estimate of drug-likeness (QED) is 0.835. The van der Waals surface area contributed by atoms with Crippen molar-refractivity contribution in [2.24, 2.45) is 0 Å². The summed E-state index contributed by atoms with van der Waals surface area (Å²) < 4.78 is 9.95. The Kier molecular flexibility index (Phi) is 3.57. The van der Waals surface area contributed by atoms with Crippen molar-refractivity contribution in [3.05, 3.63) is 36.0 Å². The third kappa shape index (κ3) is 2.65. The fourth-order valence-corrected chi connectivity index (χ4v) is 1.36. The first-order chi connectivity index (χ1) is 8.70. The zero-order valence-corrected chi connectivity index (χ0v) is 10.1. The minimum Gasteiger partial charge on any atom is -0.461 e. The van der Waals surface area contributed by atoms with E-state index >= 15 is 0 Å². The molecule has 0 aromatic carbocycles. The fourth-order valence-electron chi connectivity index (χ4n) is 1.36. The van der Waals surface area contributed by atoms with Crippen LogP contribution >= 0.6 is 0 Å². The molecule has 2 rings (SSSR count). The molecule has 2 aromatic heterocycles. The van der Waals surface area contributed by atoms with Gasteiger partial charge in [-0.25, -0.2) is 4.79 Å². The van der Waals surface area contributed by atoms with Crippen molar-refractivity contribution in [2.75, 3.05) is 11.9 Å². The molecule has 2 aromatic rings. The average molecular weight is 247 g/mol. The Labute approximate surface area is 104 Å². The highest BCUT2D eigenvalue weighted by Gasteiger charge is 2.13. The van der Waals surface area contributed by atoms with Crippen molar-refractivity contribution < 1.29 is 13.9 Å². The van der Waals surface area contributed by atoms with Gasteiger partial charge in [-0.15, -0.1) is 0 Å². The Morgan fingerprint density at radius 2 is 2.39 bits per heavy atom. The first-order valence-corrected chi connectivity index (χ1v) is 5.52. The molecule has 0 fully saturated rings. The van der Waals surface area contributed by atoms with Gasteiger partial charge in [0, 0.05) is 6.20 Å². The number of carbonyl (C=O) groups excluding carboxylic acids is 1. The number of hydrogen-bond acceptors (Lipinski definition) is 6. The standard InChI is InChI=1S/C12H13N3O3/c1-3-17-11(16)10-7-18-12(15-10)14-9-5-4-6-13-8(9)2/h4-7H,3H2,1-2H3,(H,14,15). The van der Waals surface area contributed by atoms with Gasteiger partial charge < -0.3 is 14.5 Å². The number of nitrogens with one attached hydrogen (secondary N) is 1. The number of anilines is 2. The maximum atomic E-state index is 11.4. The van der Waals surface area contributed by atoms with Crippen molar-refractivity contribution in [2.45, 2.75) is 13.8 Å². The number of pyridine rings is 1. The zero-order chi connectivity index (χ0) is 13.0. The topological polar surface area (TPSA) is 77.2 Å². The molecule has 0 radical (unpaired) electrons. The van der Waals surface area contributed by atoms with Gasteiger partial charge in [0.05, 0.1) is 18.0 Å². The van der Waals surface area contributed by atoms with Gasteiger partial charge in [-0.05, 0) is 26.0 Å². The van der Waals surface area contributed by atoms with Gasteiger partial charge in [0.2, 0.25) is 0 Å². The number of rotatable bonds is 4. The van der Waals surface area contributed by atoms with Crippen LogP contribution in [0.25, 0.3) is 0 Å². The lowest BCUT2D eigenvalue weighted by Crippen LogP contribution is -2.05. The van der Waals surface area contributed by atoms with Crippen LogP contribution in [0.4, 0.5) is 11.7 Å². The number of hydrogen-bond donors (Lipinski definition) is 1. The van der Waals surface area contributed by atoms with Gasteiger partial charge in [0.15, 0.2) is 5.69 Å². The molecule has 0 spiro atoms. The van der Waals surface area contributed by atoms with Crippen molar-refractivity contribution in [1.29, 1.82) is 0 Å². The number of aromatic nitrogens is 2. The monoisotopic (exact) mass is 247 g/mol. The van der Waals surface area contributed by atoms with Gasteiger partial charge in [0.25, 0.3) is 6.01 Å². The number of aryl methyl sites for hydroxylation is 1. The van der Waals surface area contributed by atoms with Crippen LogP contribution in [0.15, 0.2) is 29.0 Å². The Balaban J connectivity index is 2.12. The third-order valence-electron chi connectivity index (χ3n) is 2.24. The summed E-state index contributed by atoms with van der Waals surface area (Å²) >= 11 is 0. The highest BCUT2D eigenvalue weighted by Crippen LogP contribution is 2.18. The van der Waals surface area contributed by atoms with E-state index < -0.39 is 5.97 Å². The van der Waals surface area contributed by atoms with E-state index in [9.17, 15) is 4.79 Å². The van der Waals surface area contributed by atoms with Gasteiger partial charge in [0.1, 0.15) is 6.26 Å². The van der Waals surface area contributed by atoms with Crippen LogP contribution in [0.3, 0.4) is 0 Å². The number of esters is 1. The highest BCUT2D eigenvalue weighted by molar-refractivity contribution is 5.87. The van der Waals surface area contributed by atoms with E-state index in [1.54, 1.807) is 19.2 Å². The summed E-state index contributed by atoms with van der Waals surface area (Å²) in [5.41, 5.74) is 1.73. The summed E-state index contributed by atoms with van der Waals surface area (Å²) in [6, 6.07) is 3.87. The van der Waals surface area contributed by atoms with Gasteiger partial charge in [-0.3, -0.25) is 4.98 Å². The smallest absolute Gasteiger partial charge is 0.360 e. The van der Waals surface area contributed by atoms with Gasteiger partial charge in [-0.2, -0.15) is 4.98 Å². The minimum atomic E-state index is -0.503. The van der Waals surface area contributed by atoms with Crippen molar-refractivity contribution in [3.63, 3.8) is 0 Å². The SMILES string of the molecule is CCOC(=O)c1coc(Nc2cccnc2C)n1. The van der Waals surface area contributed by atoms with Crippen LogP contribution in [0.5, 0.6) is 0 Å². The molecule has 1 N–H and O–H groups in total. The molecule has 0 atom stereocenters. The average Bonchev–Trinajstić information content (AvgIpc) is 2.81. The van der Waals surface area contributed by atoms with Crippen LogP contribution in [0.1, 0.15) is 23.1 Å². The second-order valence-electron chi connectivity index (χ2n) is 3.52. The maximum Gasteiger partial charge on any atom is 0.360 e. The lowest BCUT2D eigenvalue weighted by molar-refractivity contribution is 0.0519. The van der Waals surface area contributed by atoms with E-state index in [-0.39, 0.29) is 11.7 Å². The molecule has 0 aliphatic carbocycles. The predicted octanol–water partition coefficient (Wildman–Crippen LogP) is 2.30. The van der Waals surface area contributed by atoms with Gasteiger partial charge >= 0.3 is 5.97 Å². The van der Waals surface area contributed by atoms with Crippen LogP contribution in [-0.4, -0.2) is 22.5 Å². The van der Waals surface area contributed by atoms with Crippen LogP contribution in [-0.2, 0) is 4.74 Å². The number of oxazole rings is 1. The molecule has 0 unspecified atom stereocenters. The normalized spacial score (nSPS) is 10.1. The Bertz CT molecular complexity index is 551. The fraction of sp³-hybridized carbons (Fsp3) is 0.250. The summed E-state index contributed by atoms with van der Waals surface area (Å²) in [6.07, 6.45) is 2.95. The second kappa shape index (κ2) is 5.31. The van der Waals surface area contributed by atoms with Gasteiger partial charge in [-0.1, -0.05) is 0 Å². The summed E-state index contributed by atoms with van der Waals surface area (Å²) in [7, 11) is 0. The molecule has 18 heavy (non-hydrogen) atoms. The molecule has 6 heteroatoms.